The van der Waals surface area contributed by atoms with E-state index in [-0.39, 0.29) is 10.6 Å². The van der Waals surface area contributed by atoms with Crippen molar-refractivity contribution in [2.75, 3.05) is 19.0 Å². The smallest absolute Gasteiger partial charge is 0.331 e. The topological polar surface area (TPSA) is 125 Å². The molecule has 29 heavy (non-hydrogen) atoms. The number of carbonyl (C=O) groups excluding carboxylic acids is 2. The lowest BCUT2D eigenvalue weighted by atomic mass is 10.2. The van der Waals surface area contributed by atoms with E-state index in [4.69, 9.17) is 14.6 Å². The number of nitrogens with two attached hydrogens (primary N) is 1. The molecule has 0 atom stereocenters. The van der Waals surface area contributed by atoms with Crippen LogP contribution in [0.2, 0.25) is 0 Å². The van der Waals surface area contributed by atoms with Gasteiger partial charge in [-0.15, -0.1) is 0 Å². The van der Waals surface area contributed by atoms with Crippen LogP contribution >= 0.6 is 15.9 Å². The molecule has 0 saturated heterocycles. The molecule has 0 aliphatic carbocycles. The second-order valence-corrected chi connectivity index (χ2v) is 8.35. The van der Waals surface area contributed by atoms with Crippen LogP contribution in [-0.2, 0) is 24.3 Å². The Morgan fingerprint density at radius 3 is 2.59 bits per heavy atom. The zero-order chi connectivity index (χ0) is 21.6. The molecule has 0 fully saturated rings. The fourth-order valence-corrected chi connectivity index (χ4v) is 3.55. The number of amides is 1. The van der Waals surface area contributed by atoms with Crippen molar-refractivity contribution in [3.63, 3.8) is 0 Å². The SMILES string of the molecule is COc1ccc(Br)cc1/C=C/C(=O)OCC(=O)Nc1ccc(C)c(S(N)(=O)=O)c1. The molecule has 0 spiro atoms. The summed E-state index contributed by atoms with van der Waals surface area (Å²) in [5, 5.41) is 7.59. The molecule has 154 valence electrons. The number of ether oxygens (including phenoxy) is 2. The number of benzene rings is 2. The van der Waals surface area contributed by atoms with Gasteiger partial charge < -0.3 is 14.8 Å². The molecule has 0 aromatic heterocycles. The first-order valence-electron chi connectivity index (χ1n) is 8.22. The van der Waals surface area contributed by atoms with E-state index in [0.717, 1.165) is 4.47 Å². The molecule has 10 heteroatoms. The van der Waals surface area contributed by atoms with Gasteiger partial charge in [-0.25, -0.2) is 18.4 Å². The minimum atomic E-state index is -3.92. The van der Waals surface area contributed by atoms with E-state index < -0.39 is 28.5 Å². The Bertz CT molecular complexity index is 1070. The van der Waals surface area contributed by atoms with Crippen LogP contribution in [-0.4, -0.2) is 34.0 Å². The van der Waals surface area contributed by atoms with Crippen molar-refractivity contribution in [2.45, 2.75) is 11.8 Å². The van der Waals surface area contributed by atoms with Crippen molar-refractivity contribution in [1.29, 1.82) is 0 Å². The maximum atomic E-state index is 12.0. The molecule has 0 heterocycles. The Morgan fingerprint density at radius 2 is 1.93 bits per heavy atom. The summed E-state index contributed by atoms with van der Waals surface area (Å²) >= 11 is 3.33. The van der Waals surface area contributed by atoms with E-state index in [1.54, 1.807) is 25.1 Å². The fourth-order valence-electron chi connectivity index (χ4n) is 2.36. The molecule has 1 amide bonds. The summed E-state index contributed by atoms with van der Waals surface area (Å²) in [6.45, 7) is 1.04. The Balaban J connectivity index is 1.96. The number of hydrogen-bond donors (Lipinski definition) is 2. The van der Waals surface area contributed by atoms with Gasteiger partial charge in [0.05, 0.1) is 12.0 Å². The van der Waals surface area contributed by atoms with Gasteiger partial charge in [-0.1, -0.05) is 22.0 Å². The van der Waals surface area contributed by atoms with Crippen LogP contribution in [0.1, 0.15) is 11.1 Å². The quantitative estimate of drug-likeness (QED) is 0.461. The number of carbonyl (C=O) groups is 2. The van der Waals surface area contributed by atoms with Crippen molar-refractivity contribution in [3.8, 4) is 5.75 Å². The molecule has 0 unspecified atom stereocenters. The summed E-state index contributed by atoms with van der Waals surface area (Å²) in [6.07, 6.45) is 2.67. The van der Waals surface area contributed by atoms with Crippen molar-refractivity contribution in [1.82, 2.24) is 0 Å². The van der Waals surface area contributed by atoms with Gasteiger partial charge in [0.25, 0.3) is 5.91 Å². The molecule has 0 aliphatic rings. The van der Waals surface area contributed by atoms with E-state index in [1.807, 2.05) is 0 Å². The first-order chi connectivity index (χ1) is 13.6. The Morgan fingerprint density at radius 1 is 1.21 bits per heavy atom. The molecule has 0 aliphatic heterocycles. The standard InChI is InChI=1S/C19H19BrN2O6S/c1-12-3-6-15(10-17(12)29(21,25)26)22-18(23)11-28-19(24)8-4-13-9-14(20)5-7-16(13)27-2/h3-10H,11H2,1-2H3,(H,22,23)(H2,21,25,26)/b8-4+. The van der Waals surface area contributed by atoms with Gasteiger partial charge in [0.15, 0.2) is 6.61 Å². The minimum absolute atomic E-state index is 0.0989. The first-order valence-corrected chi connectivity index (χ1v) is 10.6. The third kappa shape index (κ3) is 6.70. The number of rotatable bonds is 7. The summed E-state index contributed by atoms with van der Waals surface area (Å²) in [5.41, 5.74) is 1.32. The summed E-state index contributed by atoms with van der Waals surface area (Å²) in [7, 11) is -2.41. The number of sulfonamides is 1. The van der Waals surface area contributed by atoms with Crippen molar-refractivity contribution < 1.29 is 27.5 Å². The molecule has 2 aromatic carbocycles. The third-order valence-corrected chi connectivity index (χ3v) is 5.26. The highest BCUT2D eigenvalue weighted by Gasteiger charge is 2.13. The maximum Gasteiger partial charge on any atom is 0.331 e. The monoisotopic (exact) mass is 482 g/mol. The van der Waals surface area contributed by atoms with E-state index in [0.29, 0.717) is 16.9 Å². The number of methoxy groups -OCH3 is 1. The highest BCUT2D eigenvalue weighted by Crippen LogP contribution is 2.24. The summed E-state index contributed by atoms with van der Waals surface area (Å²) in [4.78, 5) is 23.7. The third-order valence-electron chi connectivity index (χ3n) is 3.71. The lowest BCUT2D eigenvalue weighted by Gasteiger charge is -2.09. The van der Waals surface area contributed by atoms with Gasteiger partial charge in [0.1, 0.15) is 5.75 Å². The van der Waals surface area contributed by atoms with Crippen LogP contribution in [0.15, 0.2) is 51.8 Å². The van der Waals surface area contributed by atoms with E-state index in [9.17, 15) is 18.0 Å². The van der Waals surface area contributed by atoms with Crippen LogP contribution in [0.5, 0.6) is 5.75 Å². The molecule has 0 radical (unpaired) electrons. The zero-order valence-electron chi connectivity index (χ0n) is 15.6. The average Bonchev–Trinajstić information content (AvgIpc) is 2.65. The maximum absolute atomic E-state index is 12.0. The summed E-state index contributed by atoms with van der Waals surface area (Å²) < 4.78 is 34.0. The number of halogens is 1. The first kappa shape index (κ1) is 22.6. The summed E-state index contributed by atoms with van der Waals surface area (Å²) in [5.74, 6) is -0.785. The normalized spacial score (nSPS) is 11.3. The van der Waals surface area contributed by atoms with Gasteiger partial charge in [0, 0.05) is 21.8 Å². The highest BCUT2D eigenvalue weighted by atomic mass is 79.9. The van der Waals surface area contributed by atoms with Crippen molar-refractivity contribution in [2.24, 2.45) is 5.14 Å². The lowest BCUT2D eigenvalue weighted by molar-refractivity contribution is -0.142. The lowest BCUT2D eigenvalue weighted by Crippen LogP contribution is -2.21. The molecule has 8 nitrogen and oxygen atoms in total. The predicted molar refractivity (Wildman–Crippen MR) is 112 cm³/mol. The fraction of sp³-hybridized carbons (Fsp3) is 0.158. The van der Waals surface area contributed by atoms with Gasteiger partial charge in [0.2, 0.25) is 10.0 Å². The van der Waals surface area contributed by atoms with Gasteiger partial charge >= 0.3 is 5.97 Å². The second kappa shape index (κ2) is 9.68. The summed E-state index contributed by atoms with van der Waals surface area (Å²) in [6, 6.07) is 9.56. The number of hydrogen-bond acceptors (Lipinski definition) is 6. The molecule has 2 rings (SSSR count). The van der Waals surface area contributed by atoms with E-state index in [1.165, 1.54) is 37.5 Å². The Labute approximate surface area is 176 Å². The minimum Gasteiger partial charge on any atom is -0.496 e. The number of aryl methyl sites for hydroxylation is 1. The van der Waals surface area contributed by atoms with Crippen LogP contribution in [0.25, 0.3) is 6.08 Å². The van der Waals surface area contributed by atoms with Gasteiger partial charge in [-0.3, -0.25) is 4.79 Å². The van der Waals surface area contributed by atoms with Crippen molar-refractivity contribution >= 4 is 49.6 Å². The van der Waals surface area contributed by atoms with E-state index in [2.05, 4.69) is 21.2 Å². The van der Waals surface area contributed by atoms with Gasteiger partial charge in [-0.05, 0) is 48.9 Å². The van der Waals surface area contributed by atoms with Crippen LogP contribution in [0.3, 0.4) is 0 Å². The van der Waals surface area contributed by atoms with Crippen LogP contribution < -0.4 is 15.2 Å². The number of nitrogens with one attached hydrogen (secondary N) is 1. The molecule has 2 aromatic rings. The molecule has 0 bridgehead atoms. The number of anilines is 1. The molecular weight excluding hydrogens is 464 g/mol. The van der Waals surface area contributed by atoms with E-state index >= 15 is 0 Å². The molecular formula is C19H19BrN2O6S. The largest absolute Gasteiger partial charge is 0.496 e. The number of primary sulfonamides is 1. The predicted octanol–water partition coefficient (Wildman–Crippen LogP) is 2.61. The zero-order valence-corrected chi connectivity index (χ0v) is 18.0. The van der Waals surface area contributed by atoms with Crippen LogP contribution in [0, 0.1) is 6.92 Å². The Hall–Kier alpha value is -2.69. The van der Waals surface area contributed by atoms with Crippen molar-refractivity contribution in [3.05, 3.63) is 58.1 Å². The van der Waals surface area contributed by atoms with Crippen LogP contribution in [0.4, 0.5) is 5.69 Å². The second-order valence-electron chi connectivity index (χ2n) is 5.90. The number of esters is 1. The highest BCUT2D eigenvalue weighted by molar-refractivity contribution is 9.10. The van der Waals surface area contributed by atoms with Gasteiger partial charge in [-0.2, -0.15) is 0 Å². The average molecular weight is 483 g/mol. The molecule has 0 saturated carbocycles. The molecule has 3 N–H and O–H groups in total. The Kier molecular flexibility index (Phi) is 7.54.